The molecule has 1 rings (SSSR count). The molecule has 0 saturated carbocycles. The zero-order valence-electron chi connectivity index (χ0n) is 17.2. The molecule has 0 atom stereocenters. The highest BCUT2D eigenvalue weighted by atomic mass is 28.2. The first-order valence-electron chi connectivity index (χ1n) is 10.3. The van der Waals surface area contributed by atoms with Gasteiger partial charge in [-0.05, 0) is 32.7 Å². The standard InChI is InChI=1S/C20H31F5O3Si/c1-3-26-20(27-4-2)28-29-13-11-9-7-5-6-8-10-12-14-15(21)17(23)19(25)18(24)16(14)22/h20H,3-13,29H2,1-2H3. The summed E-state index contributed by atoms with van der Waals surface area (Å²) in [6.45, 7) is 4.32. The monoisotopic (exact) mass is 442 g/mol. The van der Waals surface area contributed by atoms with Crippen molar-refractivity contribution in [1.29, 1.82) is 0 Å². The topological polar surface area (TPSA) is 27.7 Å². The van der Waals surface area contributed by atoms with Crippen LogP contribution >= 0.6 is 0 Å². The van der Waals surface area contributed by atoms with Crippen LogP contribution < -0.4 is 0 Å². The number of hydrogen-bond donors (Lipinski definition) is 0. The molecule has 29 heavy (non-hydrogen) atoms. The normalized spacial score (nSPS) is 12.0. The Bertz CT molecular complexity index is 569. The lowest BCUT2D eigenvalue weighted by atomic mass is 10.0. The third-order valence-electron chi connectivity index (χ3n) is 4.48. The van der Waals surface area contributed by atoms with Gasteiger partial charge in [0.1, 0.15) is 0 Å². The Morgan fingerprint density at radius 1 is 0.655 bits per heavy atom. The van der Waals surface area contributed by atoms with Gasteiger partial charge < -0.3 is 13.9 Å². The fourth-order valence-corrected chi connectivity index (χ4v) is 4.04. The lowest BCUT2D eigenvalue weighted by molar-refractivity contribution is -0.243. The molecule has 3 nitrogen and oxygen atoms in total. The van der Waals surface area contributed by atoms with E-state index in [1.54, 1.807) is 0 Å². The van der Waals surface area contributed by atoms with Crippen LogP contribution in [0, 0.1) is 29.1 Å². The molecule has 0 unspecified atom stereocenters. The SMILES string of the molecule is CCOC(OCC)O[SiH2]CCCCCCCCCc1c(F)c(F)c(F)c(F)c1F. The summed E-state index contributed by atoms with van der Waals surface area (Å²) < 4.78 is 82.7. The largest absolute Gasteiger partial charge is 0.379 e. The molecule has 0 spiro atoms. The van der Waals surface area contributed by atoms with Gasteiger partial charge in [-0.1, -0.05) is 38.5 Å². The fraction of sp³-hybridized carbons (Fsp3) is 0.700. The maximum Gasteiger partial charge on any atom is 0.261 e. The smallest absolute Gasteiger partial charge is 0.261 e. The highest BCUT2D eigenvalue weighted by Gasteiger charge is 2.24. The van der Waals surface area contributed by atoms with Crippen molar-refractivity contribution in [2.75, 3.05) is 13.2 Å². The van der Waals surface area contributed by atoms with E-state index in [0.717, 1.165) is 38.1 Å². The summed E-state index contributed by atoms with van der Waals surface area (Å²) in [7, 11) is -0.681. The van der Waals surface area contributed by atoms with Crippen molar-refractivity contribution in [1.82, 2.24) is 0 Å². The molecule has 0 saturated heterocycles. The Kier molecular flexibility index (Phi) is 13.3. The Hall–Kier alpha value is -1.03. The van der Waals surface area contributed by atoms with Crippen molar-refractivity contribution in [2.24, 2.45) is 0 Å². The van der Waals surface area contributed by atoms with E-state index in [1.807, 2.05) is 13.8 Å². The summed E-state index contributed by atoms with van der Waals surface area (Å²) in [6.07, 6.45) is 5.92. The van der Waals surface area contributed by atoms with Gasteiger partial charge in [-0.2, -0.15) is 0 Å². The number of rotatable bonds is 16. The molecule has 0 fully saturated rings. The van der Waals surface area contributed by atoms with Gasteiger partial charge in [-0.3, -0.25) is 0 Å². The van der Waals surface area contributed by atoms with Gasteiger partial charge in [0.05, 0.1) is 0 Å². The molecule has 1 aromatic carbocycles. The molecule has 0 amide bonds. The number of ether oxygens (including phenoxy) is 2. The van der Waals surface area contributed by atoms with Gasteiger partial charge in [0.15, 0.2) is 33.0 Å². The van der Waals surface area contributed by atoms with E-state index in [0.29, 0.717) is 26.1 Å². The van der Waals surface area contributed by atoms with E-state index in [1.165, 1.54) is 0 Å². The first-order valence-corrected chi connectivity index (χ1v) is 11.9. The van der Waals surface area contributed by atoms with Gasteiger partial charge in [0.25, 0.3) is 6.48 Å². The third kappa shape index (κ3) is 9.11. The minimum absolute atomic E-state index is 0.157. The first-order chi connectivity index (χ1) is 13.9. The zero-order chi connectivity index (χ0) is 21.6. The van der Waals surface area contributed by atoms with Crippen molar-refractivity contribution in [3.63, 3.8) is 0 Å². The maximum absolute atomic E-state index is 13.6. The van der Waals surface area contributed by atoms with Crippen LogP contribution in [0.3, 0.4) is 0 Å². The zero-order valence-corrected chi connectivity index (χ0v) is 18.6. The van der Waals surface area contributed by atoms with Crippen LogP contribution in [0.4, 0.5) is 22.0 Å². The molecule has 0 aliphatic rings. The second-order valence-corrected chi connectivity index (χ2v) is 8.15. The Labute approximate surface area is 171 Å². The molecule has 1 aromatic rings. The number of halogens is 5. The lowest BCUT2D eigenvalue weighted by Crippen LogP contribution is -2.22. The summed E-state index contributed by atoms with van der Waals surface area (Å²) in [5.74, 6) is -9.29. The maximum atomic E-state index is 13.6. The molecule has 0 aliphatic heterocycles. The second kappa shape index (κ2) is 14.9. The summed E-state index contributed by atoms with van der Waals surface area (Å²) in [6, 6.07) is 1.04. The summed E-state index contributed by atoms with van der Waals surface area (Å²) in [4.78, 5) is 0. The highest BCUT2D eigenvalue weighted by molar-refractivity contribution is 6.27. The van der Waals surface area contributed by atoms with Crippen LogP contribution in [0.25, 0.3) is 0 Å². The predicted octanol–water partition coefficient (Wildman–Crippen LogP) is 5.53. The predicted molar refractivity (Wildman–Crippen MR) is 104 cm³/mol. The van der Waals surface area contributed by atoms with Crippen molar-refractivity contribution >= 4 is 9.76 Å². The van der Waals surface area contributed by atoms with Crippen molar-refractivity contribution < 1.29 is 35.9 Å². The van der Waals surface area contributed by atoms with Gasteiger partial charge in [-0.25, -0.2) is 22.0 Å². The Morgan fingerprint density at radius 3 is 1.62 bits per heavy atom. The molecule has 9 heteroatoms. The van der Waals surface area contributed by atoms with Crippen LogP contribution in [0.5, 0.6) is 0 Å². The molecule has 0 bridgehead atoms. The van der Waals surface area contributed by atoms with E-state index >= 15 is 0 Å². The van der Waals surface area contributed by atoms with Crippen molar-refractivity contribution in [3.8, 4) is 0 Å². The van der Waals surface area contributed by atoms with E-state index in [2.05, 4.69) is 0 Å². The summed E-state index contributed by atoms with van der Waals surface area (Å²) in [5.41, 5.74) is -0.719. The van der Waals surface area contributed by atoms with E-state index in [-0.39, 0.29) is 6.42 Å². The van der Waals surface area contributed by atoms with Crippen LogP contribution in [0.15, 0.2) is 0 Å². The molecule has 0 radical (unpaired) electrons. The Morgan fingerprint density at radius 2 is 1.10 bits per heavy atom. The van der Waals surface area contributed by atoms with Gasteiger partial charge in [0.2, 0.25) is 5.82 Å². The van der Waals surface area contributed by atoms with Crippen molar-refractivity contribution in [3.05, 3.63) is 34.6 Å². The van der Waals surface area contributed by atoms with Crippen LogP contribution in [0.1, 0.15) is 64.4 Å². The second-order valence-electron chi connectivity index (χ2n) is 6.70. The lowest BCUT2D eigenvalue weighted by Gasteiger charge is -2.17. The number of unbranched alkanes of at least 4 members (excludes halogenated alkanes) is 6. The minimum atomic E-state index is -2.11. The average Bonchev–Trinajstić information content (AvgIpc) is 2.71. The van der Waals surface area contributed by atoms with Crippen LogP contribution in [-0.4, -0.2) is 29.5 Å². The summed E-state index contributed by atoms with van der Waals surface area (Å²) in [5, 5.41) is 0. The van der Waals surface area contributed by atoms with Crippen LogP contribution in [0.2, 0.25) is 6.04 Å². The average molecular weight is 443 g/mol. The van der Waals surface area contributed by atoms with Gasteiger partial charge in [0, 0.05) is 18.8 Å². The van der Waals surface area contributed by atoms with Gasteiger partial charge in [-0.15, -0.1) is 0 Å². The quantitative estimate of drug-likeness (QED) is 0.0841. The Balaban J connectivity index is 2.10. The molecule has 0 aromatic heterocycles. The van der Waals surface area contributed by atoms with Crippen LogP contribution in [-0.2, 0) is 20.3 Å². The molecular weight excluding hydrogens is 411 g/mol. The molecule has 0 aliphatic carbocycles. The van der Waals surface area contributed by atoms with E-state index in [9.17, 15) is 22.0 Å². The van der Waals surface area contributed by atoms with E-state index < -0.39 is 50.9 Å². The summed E-state index contributed by atoms with van der Waals surface area (Å²) >= 11 is 0. The van der Waals surface area contributed by atoms with Crippen molar-refractivity contribution in [2.45, 2.75) is 77.7 Å². The molecule has 0 N–H and O–H groups in total. The third-order valence-corrected chi connectivity index (χ3v) is 5.78. The first kappa shape index (κ1) is 26.0. The molecule has 0 heterocycles. The molecular formula is C20H31F5O3Si. The minimum Gasteiger partial charge on any atom is -0.379 e. The number of hydrogen-bond acceptors (Lipinski definition) is 3. The number of benzene rings is 1. The molecule has 168 valence electrons. The van der Waals surface area contributed by atoms with Gasteiger partial charge >= 0.3 is 0 Å². The fourth-order valence-electron chi connectivity index (χ4n) is 2.93. The highest BCUT2D eigenvalue weighted by Crippen LogP contribution is 2.24. The van der Waals surface area contributed by atoms with E-state index in [4.69, 9.17) is 13.9 Å².